The quantitative estimate of drug-likeness (QED) is 0.347. The van der Waals surface area contributed by atoms with Gasteiger partial charge in [0.1, 0.15) is 5.75 Å². The minimum absolute atomic E-state index is 0.162. The molecule has 1 atom stereocenters. The normalized spacial score (nSPS) is 15.1. The summed E-state index contributed by atoms with van der Waals surface area (Å²) < 4.78 is 23.3. The van der Waals surface area contributed by atoms with E-state index < -0.39 is 18.0 Å². The molecule has 0 bridgehead atoms. The summed E-state index contributed by atoms with van der Waals surface area (Å²) in [5.74, 6) is 0.0515. The second kappa shape index (κ2) is 10.8. The van der Waals surface area contributed by atoms with Crippen molar-refractivity contribution < 1.29 is 28.5 Å². The molecule has 0 N–H and O–H groups in total. The number of benzene rings is 2. The van der Waals surface area contributed by atoms with E-state index in [1.807, 2.05) is 24.3 Å². The molecule has 37 heavy (non-hydrogen) atoms. The SMILES string of the molecule is CCOC(=O)C1=C(C)N=c2s/c(=C/c3ccccc3OC)c(=O)n2[C@@H]1c1ccc(OC(C)=O)c(OC)c1. The lowest BCUT2D eigenvalue weighted by Crippen LogP contribution is -2.40. The van der Waals surface area contributed by atoms with Gasteiger partial charge in [0.25, 0.3) is 5.56 Å². The van der Waals surface area contributed by atoms with Crippen molar-refractivity contribution >= 4 is 29.4 Å². The van der Waals surface area contributed by atoms with Gasteiger partial charge in [0, 0.05) is 12.5 Å². The fourth-order valence-corrected chi connectivity index (χ4v) is 5.16. The number of methoxy groups -OCH3 is 2. The van der Waals surface area contributed by atoms with Crippen LogP contribution in [0.15, 0.2) is 63.5 Å². The van der Waals surface area contributed by atoms with Crippen LogP contribution in [-0.2, 0) is 14.3 Å². The molecule has 0 fully saturated rings. The number of fused-ring (bicyclic) bond motifs is 1. The van der Waals surface area contributed by atoms with Gasteiger partial charge >= 0.3 is 11.9 Å². The summed E-state index contributed by atoms with van der Waals surface area (Å²) in [6.07, 6.45) is 1.74. The van der Waals surface area contributed by atoms with Crippen LogP contribution in [0, 0.1) is 0 Å². The Hall–Kier alpha value is -4.18. The summed E-state index contributed by atoms with van der Waals surface area (Å²) in [6, 6.07) is 11.4. The van der Waals surface area contributed by atoms with Crippen molar-refractivity contribution in [3.63, 3.8) is 0 Å². The van der Waals surface area contributed by atoms with Crippen molar-refractivity contribution in [2.24, 2.45) is 4.99 Å². The number of nitrogens with zero attached hydrogens (tertiary/aromatic N) is 2. The summed E-state index contributed by atoms with van der Waals surface area (Å²) in [5.41, 5.74) is 1.66. The molecular formula is C27H26N2O7S. The summed E-state index contributed by atoms with van der Waals surface area (Å²) in [6.45, 7) is 4.87. The first-order valence-corrected chi connectivity index (χ1v) is 12.3. The van der Waals surface area contributed by atoms with Gasteiger partial charge in [0.2, 0.25) is 0 Å². The number of aromatic nitrogens is 1. The molecule has 10 heteroatoms. The van der Waals surface area contributed by atoms with Crippen LogP contribution in [0.5, 0.6) is 17.2 Å². The van der Waals surface area contributed by atoms with Gasteiger partial charge in [-0.15, -0.1) is 0 Å². The second-order valence-corrected chi connectivity index (χ2v) is 9.06. The summed E-state index contributed by atoms with van der Waals surface area (Å²) in [5, 5.41) is 0. The van der Waals surface area contributed by atoms with Crippen molar-refractivity contribution in [1.82, 2.24) is 4.57 Å². The Morgan fingerprint density at radius 1 is 1.08 bits per heavy atom. The highest BCUT2D eigenvalue weighted by molar-refractivity contribution is 7.07. The third-order valence-electron chi connectivity index (χ3n) is 5.70. The number of thiazole rings is 1. The molecule has 0 radical (unpaired) electrons. The van der Waals surface area contributed by atoms with Crippen molar-refractivity contribution in [2.75, 3.05) is 20.8 Å². The molecule has 0 saturated heterocycles. The third-order valence-corrected chi connectivity index (χ3v) is 6.68. The molecule has 2 heterocycles. The highest BCUT2D eigenvalue weighted by atomic mass is 32.1. The van der Waals surface area contributed by atoms with E-state index >= 15 is 0 Å². The molecule has 1 aliphatic rings. The Morgan fingerprint density at radius 3 is 2.49 bits per heavy atom. The van der Waals surface area contributed by atoms with Gasteiger partial charge in [0.15, 0.2) is 16.3 Å². The molecule has 0 spiro atoms. The van der Waals surface area contributed by atoms with Crippen LogP contribution in [0.2, 0.25) is 0 Å². The minimum Gasteiger partial charge on any atom is -0.496 e. The molecule has 9 nitrogen and oxygen atoms in total. The Morgan fingerprint density at radius 2 is 1.81 bits per heavy atom. The summed E-state index contributed by atoms with van der Waals surface area (Å²) in [7, 11) is 3.01. The zero-order chi connectivity index (χ0) is 26.7. The number of rotatable bonds is 7. The van der Waals surface area contributed by atoms with Gasteiger partial charge in [0.05, 0.1) is 42.7 Å². The van der Waals surface area contributed by atoms with E-state index in [0.717, 1.165) is 5.56 Å². The Labute approximate surface area is 216 Å². The highest BCUT2D eigenvalue weighted by Crippen LogP contribution is 2.36. The van der Waals surface area contributed by atoms with Crippen LogP contribution in [0.25, 0.3) is 6.08 Å². The second-order valence-electron chi connectivity index (χ2n) is 8.05. The predicted octanol–water partition coefficient (Wildman–Crippen LogP) is 2.74. The molecule has 3 aromatic rings. The average molecular weight is 523 g/mol. The van der Waals surface area contributed by atoms with E-state index in [4.69, 9.17) is 18.9 Å². The number of carbonyl (C=O) groups excluding carboxylic acids is 2. The molecule has 4 rings (SSSR count). The number of ether oxygens (including phenoxy) is 4. The van der Waals surface area contributed by atoms with Crippen molar-refractivity contribution in [2.45, 2.75) is 26.8 Å². The molecule has 0 aliphatic carbocycles. The number of para-hydroxylation sites is 1. The number of allylic oxidation sites excluding steroid dienone is 1. The molecular weight excluding hydrogens is 496 g/mol. The van der Waals surface area contributed by atoms with Gasteiger partial charge in [-0.3, -0.25) is 14.2 Å². The topological polar surface area (TPSA) is 105 Å². The Kier molecular flexibility index (Phi) is 7.58. The first kappa shape index (κ1) is 25.9. The zero-order valence-corrected chi connectivity index (χ0v) is 21.9. The van der Waals surface area contributed by atoms with Crippen molar-refractivity contribution in [3.8, 4) is 17.2 Å². The minimum atomic E-state index is -0.838. The van der Waals surface area contributed by atoms with Crippen LogP contribution in [0.4, 0.5) is 0 Å². The van der Waals surface area contributed by atoms with Crippen LogP contribution in [0.1, 0.15) is 37.9 Å². The van der Waals surface area contributed by atoms with E-state index in [9.17, 15) is 14.4 Å². The number of carbonyl (C=O) groups is 2. The molecule has 1 aliphatic heterocycles. The lowest BCUT2D eigenvalue weighted by Gasteiger charge is -2.25. The largest absolute Gasteiger partial charge is 0.496 e. The maximum atomic E-state index is 13.8. The summed E-state index contributed by atoms with van der Waals surface area (Å²) >= 11 is 1.21. The first-order valence-electron chi connectivity index (χ1n) is 11.5. The smallest absolute Gasteiger partial charge is 0.338 e. The summed E-state index contributed by atoms with van der Waals surface area (Å²) in [4.78, 5) is 43.4. The zero-order valence-electron chi connectivity index (χ0n) is 21.1. The lowest BCUT2D eigenvalue weighted by atomic mass is 9.95. The van der Waals surface area contributed by atoms with Gasteiger partial charge in [-0.2, -0.15) is 0 Å². The van der Waals surface area contributed by atoms with Gasteiger partial charge in [-0.1, -0.05) is 35.6 Å². The number of hydrogen-bond acceptors (Lipinski definition) is 9. The van der Waals surface area contributed by atoms with Crippen LogP contribution >= 0.6 is 11.3 Å². The maximum Gasteiger partial charge on any atom is 0.338 e. The third kappa shape index (κ3) is 5.05. The lowest BCUT2D eigenvalue weighted by molar-refractivity contribution is -0.139. The van der Waals surface area contributed by atoms with Crippen LogP contribution in [0.3, 0.4) is 0 Å². The Bertz CT molecular complexity index is 1580. The molecule has 0 amide bonds. The fraction of sp³-hybridized carbons (Fsp3) is 0.259. The monoisotopic (exact) mass is 522 g/mol. The highest BCUT2D eigenvalue weighted by Gasteiger charge is 2.34. The molecule has 192 valence electrons. The average Bonchev–Trinajstić information content (AvgIpc) is 3.17. The standard InChI is InChI=1S/C27H26N2O7S/c1-6-35-26(32)23-15(2)28-27-29(24(23)18-11-12-20(36-16(3)30)21(13-18)34-5)25(31)22(37-27)14-17-9-7-8-10-19(17)33-4/h7-14,24H,6H2,1-5H3/b22-14+/t24-/m1/s1. The van der Waals surface area contributed by atoms with Crippen LogP contribution < -0.4 is 29.1 Å². The van der Waals surface area contributed by atoms with E-state index in [1.165, 1.54) is 29.9 Å². The van der Waals surface area contributed by atoms with Gasteiger partial charge in [-0.05, 0) is 43.7 Å². The van der Waals surface area contributed by atoms with Crippen molar-refractivity contribution in [3.05, 3.63) is 84.5 Å². The Balaban J connectivity index is 1.96. The maximum absolute atomic E-state index is 13.8. The van der Waals surface area contributed by atoms with E-state index in [0.29, 0.717) is 26.3 Å². The molecule has 2 aromatic carbocycles. The molecule has 0 unspecified atom stereocenters. The first-order chi connectivity index (χ1) is 17.8. The fourth-order valence-electron chi connectivity index (χ4n) is 4.13. The van der Waals surface area contributed by atoms with Crippen LogP contribution in [-0.4, -0.2) is 37.3 Å². The predicted molar refractivity (Wildman–Crippen MR) is 138 cm³/mol. The number of esters is 2. The van der Waals surface area contributed by atoms with Gasteiger partial charge < -0.3 is 18.9 Å². The van der Waals surface area contributed by atoms with E-state index in [-0.39, 0.29) is 29.2 Å². The van der Waals surface area contributed by atoms with E-state index in [2.05, 4.69) is 4.99 Å². The van der Waals surface area contributed by atoms with E-state index in [1.54, 1.807) is 45.2 Å². The number of hydrogen-bond donors (Lipinski definition) is 0. The van der Waals surface area contributed by atoms with Crippen molar-refractivity contribution in [1.29, 1.82) is 0 Å². The molecule has 0 saturated carbocycles. The van der Waals surface area contributed by atoms with Gasteiger partial charge in [-0.25, -0.2) is 9.79 Å². The molecule has 1 aromatic heterocycles.